The normalized spacial score (nSPS) is 19.3. The lowest BCUT2D eigenvalue weighted by Crippen LogP contribution is -2.50. The van der Waals surface area contributed by atoms with Crippen LogP contribution in [0.15, 0.2) is 47.6 Å². The molecular weight excluding hydrogens is 418 g/mol. The Morgan fingerprint density at radius 3 is 2.58 bits per heavy atom. The number of aryl methyl sites for hydroxylation is 1. The molecule has 0 bridgehead atoms. The van der Waals surface area contributed by atoms with E-state index < -0.39 is 16.5 Å². The summed E-state index contributed by atoms with van der Waals surface area (Å²) in [7, 11) is 3.30. The second kappa shape index (κ2) is 9.36. The summed E-state index contributed by atoms with van der Waals surface area (Å²) in [6, 6.07) is 10.7. The third-order valence-electron chi connectivity index (χ3n) is 5.57. The summed E-state index contributed by atoms with van der Waals surface area (Å²) in [5.74, 6) is -1.21. The number of rotatable bonds is 6. The average molecular weight is 447 g/mol. The number of thioether (sulfide) groups is 1. The van der Waals surface area contributed by atoms with Gasteiger partial charge in [-0.15, -0.1) is 0 Å². The SMILES string of the molecule is CC[C@H](CCN)[C@]1(c2ccccc2C)SC(c2cc(F)ccc2F)=NN1C(=O)N(C)C. The van der Waals surface area contributed by atoms with Gasteiger partial charge >= 0.3 is 6.03 Å². The quantitative estimate of drug-likeness (QED) is 0.687. The lowest BCUT2D eigenvalue weighted by Gasteiger charge is -2.43. The number of nitrogens with zero attached hydrogens (tertiary/aromatic N) is 3. The first kappa shape index (κ1) is 23.2. The van der Waals surface area contributed by atoms with Crippen LogP contribution in [0.5, 0.6) is 0 Å². The van der Waals surface area contributed by atoms with E-state index in [0.717, 1.165) is 35.7 Å². The molecule has 0 aliphatic carbocycles. The smallest absolute Gasteiger partial charge is 0.330 e. The van der Waals surface area contributed by atoms with Gasteiger partial charge in [-0.1, -0.05) is 43.0 Å². The first-order chi connectivity index (χ1) is 14.8. The molecule has 2 aromatic carbocycles. The number of carbonyl (C=O) groups is 1. The van der Waals surface area contributed by atoms with Crippen molar-refractivity contribution in [2.75, 3.05) is 20.6 Å². The molecule has 0 saturated carbocycles. The van der Waals surface area contributed by atoms with E-state index in [2.05, 4.69) is 5.10 Å². The molecule has 166 valence electrons. The van der Waals surface area contributed by atoms with Gasteiger partial charge in [-0.3, -0.25) is 0 Å². The molecule has 2 atom stereocenters. The molecule has 1 aliphatic heterocycles. The Bertz CT molecular complexity index is 997. The third kappa shape index (κ3) is 4.19. The molecule has 1 aliphatic rings. The van der Waals surface area contributed by atoms with Gasteiger partial charge in [0, 0.05) is 19.7 Å². The Morgan fingerprint density at radius 1 is 1.26 bits per heavy atom. The van der Waals surface area contributed by atoms with Gasteiger partial charge in [0.05, 0.1) is 0 Å². The van der Waals surface area contributed by atoms with Crippen molar-refractivity contribution in [3.63, 3.8) is 0 Å². The monoisotopic (exact) mass is 446 g/mol. The van der Waals surface area contributed by atoms with Gasteiger partial charge < -0.3 is 10.6 Å². The number of halogens is 2. The molecule has 0 saturated heterocycles. The maximum absolute atomic E-state index is 14.7. The van der Waals surface area contributed by atoms with E-state index in [4.69, 9.17) is 5.73 Å². The zero-order valence-corrected chi connectivity index (χ0v) is 19.0. The summed E-state index contributed by atoms with van der Waals surface area (Å²) in [6.45, 7) is 4.45. The van der Waals surface area contributed by atoms with Crippen molar-refractivity contribution in [1.29, 1.82) is 0 Å². The number of nitrogens with two attached hydrogens (primary N) is 1. The summed E-state index contributed by atoms with van der Waals surface area (Å²) < 4.78 is 28.7. The van der Waals surface area contributed by atoms with Crippen LogP contribution in [0, 0.1) is 24.5 Å². The van der Waals surface area contributed by atoms with E-state index in [1.165, 1.54) is 21.7 Å². The Morgan fingerprint density at radius 2 is 1.97 bits per heavy atom. The fraction of sp³-hybridized carbons (Fsp3) is 0.391. The summed E-state index contributed by atoms with van der Waals surface area (Å²) in [6.07, 6.45) is 1.37. The predicted molar refractivity (Wildman–Crippen MR) is 122 cm³/mol. The molecular formula is C23H28F2N4OS. The van der Waals surface area contributed by atoms with Crippen LogP contribution in [0.2, 0.25) is 0 Å². The van der Waals surface area contributed by atoms with E-state index in [1.807, 2.05) is 38.1 Å². The van der Waals surface area contributed by atoms with Crippen molar-refractivity contribution in [1.82, 2.24) is 9.91 Å². The highest BCUT2D eigenvalue weighted by Crippen LogP contribution is 2.55. The minimum absolute atomic E-state index is 0.0413. The molecule has 5 nitrogen and oxygen atoms in total. The number of amides is 2. The van der Waals surface area contributed by atoms with Gasteiger partial charge in [-0.25, -0.2) is 13.6 Å². The number of benzene rings is 2. The van der Waals surface area contributed by atoms with Crippen LogP contribution in [0.4, 0.5) is 13.6 Å². The number of carbonyl (C=O) groups excluding carboxylic acids is 1. The maximum atomic E-state index is 14.7. The molecule has 0 aromatic heterocycles. The average Bonchev–Trinajstić information content (AvgIpc) is 3.14. The van der Waals surface area contributed by atoms with Crippen LogP contribution in [0.3, 0.4) is 0 Å². The van der Waals surface area contributed by atoms with Crippen molar-refractivity contribution in [3.05, 3.63) is 70.8 Å². The minimum atomic E-state index is -0.936. The number of hydrazone groups is 1. The molecule has 0 spiro atoms. The molecule has 1 heterocycles. The highest BCUT2D eigenvalue weighted by Gasteiger charge is 2.54. The molecule has 2 aromatic rings. The van der Waals surface area contributed by atoms with Crippen molar-refractivity contribution < 1.29 is 13.6 Å². The van der Waals surface area contributed by atoms with Crippen LogP contribution < -0.4 is 5.73 Å². The Kier molecular flexibility index (Phi) is 7.01. The topological polar surface area (TPSA) is 61.9 Å². The molecule has 2 amide bonds. The zero-order valence-electron chi connectivity index (χ0n) is 18.2. The Labute approximate surface area is 186 Å². The van der Waals surface area contributed by atoms with Crippen LogP contribution in [-0.2, 0) is 4.87 Å². The van der Waals surface area contributed by atoms with Gasteiger partial charge in [0.1, 0.15) is 21.5 Å². The highest BCUT2D eigenvalue weighted by atomic mass is 32.2. The largest absolute Gasteiger partial charge is 0.341 e. The second-order valence-corrected chi connectivity index (χ2v) is 9.03. The molecule has 8 heteroatoms. The summed E-state index contributed by atoms with van der Waals surface area (Å²) in [4.78, 5) is 13.8. The zero-order chi connectivity index (χ0) is 22.8. The van der Waals surface area contributed by atoms with Gasteiger partial charge in [0.15, 0.2) is 0 Å². The van der Waals surface area contributed by atoms with Crippen LogP contribution >= 0.6 is 11.8 Å². The van der Waals surface area contributed by atoms with E-state index >= 15 is 0 Å². The lowest BCUT2D eigenvalue weighted by atomic mass is 9.85. The maximum Gasteiger partial charge on any atom is 0.341 e. The third-order valence-corrected chi connectivity index (χ3v) is 7.10. The first-order valence-corrected chi connectivity index (χ1v) is 11.1. The number of hydrogen-bond donors (Lipinski definition) is 1. The predicted octanol–water partition coefficient (Wildman–Crippen LogP) is 4.89. The molecule has 0 fully saturated rings. The van der Waals surface area contributed by atoms with E-state index in [1.54, 1.807) is 14.1 Å². The minimum Gasteiger partial charge on any atom is -0.330 e. The van der Waals surface area contributed by atoms with Gasteiger partial charge in [-0.05, 0) is 61.6 Å². The summed E-state index contributed by atoms with van der Waals surface area (Å²) in [5, 5.41) is 6.28. The number of hydrogen-bond acceptors (Lipinski definition) is 4. The van der Waals surface area contributed by atoms with E-state index in [-0.39, 0.29) is 22.6 Å². The molecule has 0 unspecified atom stereocenters. The van der Waals surface area contributed by atoms with Crippen LogP contribution in [0.25, 0.3) is 0 Å². The fourth-order valence-electron chi connectivity index (χ4n) is 4.02. The highest BCUT2D eigenvalue weighted by molar-refractivity contribution is 8.15. The van der Waals surface area contributed by atoms with Crippen molar-refractivity contribution in [2.45, 2.75) is 31.6 Å². The second-order valence-electron chi connectivity index (χ2n) is 7.81. The molecule has 2 N–H and O–H groups in total. The molecule has 0 radical (unpaired) electrons. The van der Waals surface area contributed by atoms with E-state index in [9.17, 15) is 13.6 Å². The van der Waals surface area contributed by atoms with Gasteiger partial charge in [-0.2, -0.15) is 10.1 Å². The van der Waals surface area contributed by atoms with Gasteiger partial charge in [0.2, 0.25) is 0 Å². The Hall–Kier alpha value is -2.45. The summed E-state index contributed by atoms with van der Waals surface area (Å²) in [5.41, 5.74) is 7.88. The Balaban J connectivity index is 2.28. The number of urea groups is 1. The molecule has 3 rings (SSSR count). The van der Waals surface area contributed by atoms with Crippen molar-refractivity contribution in [3.8, 4) is 0 Å². The van der Waals surface area contributed by atoms with E-state index in [0.29, 0.717) is 13.0 Å². The van der Waals surface area contributed by atoms with Crippen molar-refractivity contribution >= 4 is 22.8 Å². The molecule has 31 heavy (non-hydrogen) atoms. The summed E-state index contributed by atoms with van der Waals surface area (Å²) >= 11 is 1.29. The lowest BCUT2D eigenvalue weighted by molar-refractivity contribution is 0.109. The van der Waals surface area contributed by atoms with Crippen molar-refractivity contribution in [2.24, 2.45) is 16.8 Å². The van der Waals surface area contributed by atoms with Crippen LogP contribution in [0.1, 0.15) is 36.5 Å². The van der Waals surface area contributed by atoms with Crippen LogP contribution in [-0.4, -0.2) is 41.6 Å². The standard InChI is InChI=1S/C23H28F2N4OS/c1-5-16(12-13-26)23(19-9-7-6-8-15(19)2)29(22(30)28(3)4)27-21(31-23)18-14-17(24)10-11-20(18)25/h6-11,14,16H,5,12-13,26H2,1-4H3/t16-,23-/m1/s1. The van der Waals surface area contributed by atoms with Gasteiger partial charge in [0.25, 0.3) is 0 Å². The fourth-order valence-corrected chi connectivity index (χ4v) is 5.70. The first-order valence-electron chi connectivity index (χ1n) is 10.3.